The van der Waals surface area contributed by atoms with E-state index < -0.39 is 38.4 Å². The highest BCUT2D eigenvalue weighted by Crippen LogP contribution is 2.38. The van der Waals surface area contributed by atoms with Gasteiger partial charge in [-0.2, -0.15) is 0 Å². The average Bonchev–Trinajstić information content (AvgIpc) is 2.97. The van der Waals surface area contributed by atoms with Gasteiger partial charge < -0.3 is 28.1 Å². The number of ether oxygens (including phenoxy) is 5. The third kappa shape index (κ3) is 7.14. The minimum Gasteiger partial charge on any atom is -0.466 e. The summed E-state index contributed by atoms with van der Waals surface area (Å²) >= 11 is 0. The second-order valence-corrected chi connectivity index (χ2v) is 14.8. The SMILES string of the molecule is COC(=O)/C=C\[C@@H]1OC(C)(C)O[C@@H]1[C@@H](CO[Si](C)(C)C(C)(C)C)OC1CCCCO1. The zero-order valence-electron chi connectivity index (χ0n) is 19.9. The van der Waals surface area contributed by atoms with E-state index in [1.165, 1.54) is 13.2 Å². The Morgan fingerprint density at radius 3 is 2.50 bits per heavy atom. The predicted molar refractivity (Wildman–Crippen MR) is 117 cm³/mol. The van der Waals surface area contributed by atoms with Gasteiger partial charge in [0.15, 0.2) is 20.4 Å². The fraction of sp³-hybridized carbons (Fsp3) is 0.864. The summed E-state index contributed by atoms with van der Waals surface area (Å²) in [6, 6.07) is 0. The Balaban J connectivity index is 2.21. The molecule has 4 atom stereocenters. The minimum atomic E-state index is -1.99. The largest absolute Gasteiger partial charge is 0.466 e. The van der Waals surface area contributed by atoms with Crippen molar-refractivity contribution in [3.05, 3.63) is 12.2 Å². The van der Waals surface area contributed by atoms with E-state index in [4.69, 9.17) is 28.1 Å². The van der Waals surface area contributed by atoms with Crippen molar-refractivity contribution in [3.63, 3.8) is 0 Å². The Morgan fingerprint density at radius 2 is 1.93 bits per heavy atom. The number of carbonyl (C=O) groups is 1. The van der Waals surface area contributed by atoms with Crippen molar-refractivity contribution in [2.75, 3.05) is 20.3 Å². The van der Waals surface area contributed by atoms with Crippen LogP contribution in [0, 0.1) is 0 Å². The van der Waals surface area contributed by atoms with Crippen molar-refractivity contribution in [1.82, 2.24) is 0 Å². The molecular formula is C22H40O7Si. The Hall–Kier alpha value is -0.773. The maximum absolute atomic E-state index is 11.6. The molecular weight excluding hydrogens is 404 g/mol. The molecule has 2 saturated heterocycles. The van der Waals surface area contributed by atoms with Gasteiger partial charge in [-0.15, -0.1) is 0 Å². The maximum Gasteiger partial charge on any atom is 0.330 e. The minimum absolute atomic E-state index is 0.0788. The maximum atomic E-state index is 11.6. The fourth-order valence-electron chi connectivity index (χ4n) is 3.23. The molecule has 0 aliphatic carbocycles. The molecule has 2 fully saturated rings. The normalized spacial score (nSPS) is 28.6. The molecule has 30 heavy (non-hydrogen) atoms. The summed E-state index contributed by atoms with van der Waals surface area (Å²) in [6.07, 6.45) is 4.43. The molecule has 174 valence electrons. The second kappa shape index (κ2) is 10.2. The van der Waals surface area contributed by atoms with E-state index in [0.717, 1.165) is 19.3 Å². The molecule has 2 aliphatic heterocycles. The van der Waals surface area contributed by atoms with Gasteiger partial charge in [0.1, 0.15) is 18.3 Å². The second-order valence-electron chi connectivity index (χ2n) is 9.99. The van der Waals surface area contributed by atoms with Gasteiger partial charge in [-0.3, -0.25) is 0 Å². The third-order valence-corrected chi connectivity index (χ3v) is 10.5. The van der Waals surface area contributed by atoms with Gasteiger partial charge in [0.05, 0.1) is 13.7 Å². The fourth-order valence-corrected chi connectivity index (χ4v) is 4.24. The highest BCUT2D eigenvalue weighted by atomic mass is 28.4. The van der Waals surface area contributed by atoms with Gasteiger partial charge in [0.25, 0.3) is 0 Å². The van der Waals surface area contributed by atoms with E-state index in [0.29, 0.717) is 13.2 Å². The van der Waals surface area contributed by atoms with Gasteiger partial charge in [-0.1, -0.05) is 20.8 Å². The molecule has 7 nitrogen and oxygen atoms in total. The number of carbonyl (C=O) groups excluding carboxylic acids is 1. The molecule has 2 rings (SSSR count). The summed E-state index contributed by atoms with van der Waals surface area (Å²) in [5, 5.41) is 0.0788. The number of hydrogen-bond acceptors (Lipinski definition) is 7. The molecule has 0 bridgehead atoms. The predicted octanol–water partition coefficient (Wildman–Crippen LogP) is 4.17. The van der Waals surface area contributed by atoms with Crippen LogP contribution in [0.2, 0.25) is 18.1 Å². The number of rotatable bonds is 8. The molecule has 0 spiro atoms. The Labute approximate surface area is 182 Å². The molecule has 0 amide bonds. The topological polar surface area (TPSA) is 72.5 Å². The van der Waals surface area contributed by atoms with Crippen LogP contribution in [0.5, 0.6) is 0 Å². The number of hydrogen-bond donors (Lipinski definition) is 0. The molecule has 0 saturated carbocycles. The van der Waals surface area contributed by atoms with Gasteiger partial charge in [-0.25, -0.2) is 4.79 Å². The number of esters is 1. The standard InChI is InChI=1S/C22H40O7Si/c1-21(2,3)30(7,8)26-15-17(27-19-11-9-10-14-25-19)20-16(12-13-18(23)24-6)28-22(4,5)29-20/h12-13,16-17,19-20H,9-11,14-15H2,1-8H3/b13-12-/t16-,17+,19?,20-/m0/s1. The zero-order chi connectivity index (χ0) is 22.6. The summed E-state index contributed by atoms with van der Waals surface area (Å²) < 4.78 is 35.6. The van der Waals surface area contributed by atoms with Gasteiger partial charge >= 0.3 is 5.97 Å². The van der Waals surface area contributed by atoms with E-state index in [1.54, 1.807) is 6.08 Å². The van der Waals surface area contributed by atoms with E-state index in [-0.39, 0.29) is 11.3 Å². The van der Waals surface area contributed by atoms with E-state index in [1.807, 2.05) is 13.8 Å². The highest BCUT2D eigenvalue weighted by molar-refractivity contribution is 6.74. The summed E-state index contributed by atoms with van der Waals surface area (Å²) in [4.78, 5) is 11.6. The Morgan fingerprint density at radius 1 is 1.23 bits per heavy atom. The summed E-state index contributed by atoms with van der Waals surface area (Å²) in [5.41, 5.74) is 0. The molecule has 2 aliphatic rings. The van der Waals surface area contributed by atoms with E-state index in [9.17, 15) is 4.79 Å². The first kappa shape index (κ1) is 25.5. The average molecular weight is 445 g/mol. The molecule has 0 aromatic heterocycles. The zero-order valence-corrected chi connectivity index (χ0v) is 20.9. The molecule has 0 aromatic carbocycles. The van der Waals surface area contributed by atoms with Crippen LogP contribution in [0.4, 0.5) is 0 Å². The van der Waals surface area contributed by atoms with Gasteiger partial charge in [-0.05, 0) is 57.3 Å². The van der Waals surface area contributed by atoms with Crippen LogP contribution in [-0.4, -0.2) is 65.0 Å². The number of methoxy groups -OCH3 is 1. The van der Waals surface area contributed by atoms with Gasteiger partial charge in [0, 0.05) is 12.7 Å². The van der Waals surface area contributed by atoms with Crippen LogP contribution in [0.1, 0.15) is 53.9 Å². The quantitative estimate of drug-likeness (QED) is 0.316. The van der Waals surface area contributed by atoms with Crippen molar-refractivity contribution < 1.29 is 32.9 Å². The first-order chi connectivity index (χ1) is 13.8. The third-order valence-electron chi connectivity index (χ3n) is 6.03. The summed E-state index contributed by atoms with van der Waals surface area (Å²) in [6.45, 7) is 15.8. The van der Waals surface area contributed by atoms with Crippen molar-refractivity contribution in [1.29, 1.82) is 0 Å². The van der Waals surface area contributed by atoms with Crippen molar-refractivity contribution >= 4 is 14.3 Å². The Kier molecular flexibility index (Phi) is 8.69. The van der Waals surface area contributed by atoms with Crippen molar-refractivity contribution in [2.24, 2.45) is 0 Å². The van der Waals surface area contributed by atoms with Crippen LogP contribution < -0.4 is 0 Å². The molecule has 8 heteroatoms. The first-order valence-corrected chi connectivity index (χ1v) is 13.8. The molecule has 0 aromatic rings. The van der Waals surface area contributed by atoms with Crippen LogP contribution in [-0.2, 0) is 32.9 Å². The van der Waals surface area contributed by atoms with Crippen LogP contribution in [0.3, 0.4) is 0 Å². The molecule has 0 radical (unpaired) electrons. The lowest BCUT2D eigenvalue weighted by molar-refractivity contribution is -0.224. The molecule has 2 heterocycles. The Bertz CT molecular complexity index is 591. The lowest BCUT2D eigenvalue weighted by Crippen LogP contribution is -2.48. The van der Waals surface area contributed by atoms with E-state index >= 15 is 0 Å². The lowest BCUT2D eigenvalue weighted by atomic mass is 10.1. The highest BCUT2D eigenvalue weighted by Gasteiger charge is 2.47. The van der Waals surface area contributed by atoms with Crippen molar-refractivity contribution in [3.8, 4) is 0 Å². The summed E-state index contributed by atoms with van der Waals surface area (Å²) in [7, 11) is -0.647. The van der Waals surface area contributed by atoms with Crippen LogP contribution >= 0.6 is 0 Å². The first-order valence-electron chi connectivity index (χ1n) is 10.9. The van der Waals surface area contributed by atoms with Crippen LogP contribution in [0.15, 0.2) is 12.2 Å². The lowest BCUT2D eigenvalue weighted by Gasteiger charge is -2.39. The smallest absolute Gasteiger partial charge is 0.330 e. The summed E-state index contributed by atoms with van der Waals surface area (Å²) in [5.74, 6) is -1.24. The van der Waals surface area contributed by atoms with E-state index in [2.05, 4.69) is 33.9 Å². The molecule has 0 N–H and O–H groups in total. The van der Waals surface area contributed by atoms with Gasteiger partial charge in [0.2, 0.25) is 0 Å². The monoisotopic (exact) mass is 444 g/mol. The van der Waals surface area contributed by atoms with Crippen molar-refractivity contribution in [2.45, 2.75) is 102 Å². The molecule has 1 unspecified atom stereocenters. The van der Waals surface area contributed by atoms with Crippen LogP contribution in [0.25, 0.3) is 0 Å².